The molecule has 5 heteroatoms. The number of halogens is 1. The fraction of sp³-hybridized carbons (Fsp3) is 0.433. The molecule has 3 N–H and O–H groups in total. The lowest BCUT2D eigenvalue weighted by Gasteiger charge is -2.29. The second-order valence-electron chi connectivity index (χ2n) is 11.7. The van der Waals surface area contributed by atoms with Crippen LogP contribution in [-0.4, -0.2) is 19.9 Å². The number of H-pyrrole nitrogens is 3. The van der Waals surface area contributed by atoms with E-state index in [0.717, 1.165) is 28.5 Å². The smallest absolute Gasteiger partial charge is 0.0708 e. The summed E-state index contributed by atoms with van der Waals surface area (Å²) in [7, 11) is 0. The van der Waals surface area contributed by atoms with Crippen molar-refractivity contribution in [1.29, 1.82) is 0 Å². The number of nitrogens with zero attached hydrogens (tertiary/aromatic N) is 1. The van der Waals surface area contributed by atoms with Crippen molar-refractivity contribution >= 4 is 11.6 Å². The highest BCUT2D eigenvalue weighted by Crippen LogP contribution is 2.39. The Bertz CT molecular complexity index is 1330. The molecule has 0 saturated carbocycles. The van der Waals surface area contributed by atoms with Gasteiger partial charge in [0, 0.05) is 50.4 Å². The van der Waals surface area contributed by atoms with Crippen LogP contribution in [0.3, 0.4) is 0 Å². The molecule has 4 heterocycles. The maximum Gasteiger partial charge on any atom is 0.0708 e. The summed E-state index contributed by atoms with van der Waals surface area (Å²) in [6.07, 6.45) is 0. The lowest BCUT2D eigenvalue weighted by Crippen LogP contribution is -2.27. The lowest BCUT2D eigenvalue weighted by atomic mass is 9.82. The Morgan fingerprint density at radius 2 is 1.20 bits per heavy atom. The molecule has 0 radical (unpaired) electrons. The molecule has 0 saturated heterocycles. The maximum absolute atomic E-state index is 6.70. The van der Waals surface area contributed by atoms with Crippen LogP contribution in [0.25, 0.3) is 0 Å². The predicted molar refractivity (Wildman–Crippen MR) is 147 cm³/mol. The molecule has 35 heavy (non-hydrogen) atoms. The van der Waals surface area contributed by atoms with Crippen molar-refractivity contribution in [2.24, 2.45) is 0 Å². The number of pyridine rings is 1. The number of hydrogen-bond acceptors (Lipinski definition) is 1. The van der Waals surface area contributed by atoms with E-state index in [1.54, 1.807) is 0 Å². The summed E-state index contributed by atoms with van der Waals surface area (Å²) < 4.78 is 0. The molecule has 0 bridgehead atoms. The van der Waals surface area contributed by atoms with E-state index in [-0.39, 0.29) is 16.2 Å². The zero-order valence-electron chi connectivity index (χ0n) is 22.5. The van der Waals surface area contributed by atoms with Crippen LogP contribution in [0, 0.1) is 6.92 Å². The first kappa shape index (κ1) is 25.4. The summed E-state index contributed by atoms with van der Waals surface area (Å²) in [5.41, 5.74) is 8.04. The zero-order valence-corrected chi connectivity index (χ0v) is 23.3. The Morgan fingerprint density at radius 1 is 0.657 bits per heavy atom. The lowest BCUT2D eigenvalue weighted by molar-refractivity contribution is 0.551. The van der Waals surface area contributed by atoms with Gasteiger partial charge >= 0.3 is 0 Å². The summed E-state index contributed by atoms with van der Waals surface area (Å²) in [5, 5.41) is 0.683. The first-order valence-electron chi connectivity index (χ1n) is 12.5. The fourth-order valence-corrected chi connectivity index (χ4v) is 5.09. The molecule has 4 nitrogen and oxygen atoms in total. The number of aromatic amines is 3. The molecular weight excluding hydrogens is 452 g/mol. The highest BCUT2D eigenvalue weighted by atomic mass is 35.5. The van der Waals surface area contributed by atoms with Gasteiger partial charge in [-0.15, -0.1) is 0 Å². The molecule has 4 aromatic heterocycles. The summed E-state index contributed by atoms with van der Waals surface area (Å²) >= 11 is 6.70. The van der Waals surface area contributed by atoms with Crippen LogP contribution in [0.5, 0.6) is 0 Å². The van der Waals surface area contributed by atoms with Gasteiger partial charge in [-0.1, -0.05) is 25.4 Å². The molecule has 0 aliphatic rings. The van der Waals surface area contributed by atoms with Crippen LogP contribution in [0.2, 0.25) is 5.02 Å². The van der Waals surface area contributed by atoms with Crippen LogP contribution in [0.15, 0.2) is 48.5 Å². The van der Waals surface area contributed by atoms with Gasteiger partial charge in [0.1, 0.15) is 0 Å². The highest BCUT2D eigenvalue weighted by Gasteiger charge is 2.34. The normalized spacial score (nSPS) is 13.1. The summed E-state index contributed by atoms with van der Waals surface area (Å²) in [5.74, 6) is 0.474. The zero-order chi connectivity index (χ0) is 25.8. The number of nitrogens with one attached hydrogen (secondary N) is 3. The fourth-order valence-electron chi connectivity index (χ4n) is 4.75. The SMILES string of the molecule is Cc1ccc(C(C)(C)c2nc(C(C)(C)c3ccc(C(C)(C)c4ccc(C(C)C)[nH]4)[nH]3)ccc2Cl)[nH]1. The van der Waals surface area contributed by atoms with Crippen molar-refractivity contribution in [1.82, 2.24) is 19.9 Å². The third-order valence-electron chi connectivity index (χ3n) is 7.62. The van der Waals surface area contributed by atoms with Gasteiger partial charge in [0.25, 0.3) is 0 Å². The Hall–Kier alpha value is -2.72. The van der Waals surface area contributed by atoms with Gasteiger partial charge in [0.05, 0.1) is 16.4 Å². The Kier molecular flexibility index (Phi) is 6.34. The summed E-state index contributed by atoms with van der Waals surface area (Å²) in [4.78, 5) is 16.0. The van der Waals surface area contributed by atoms with Crippen molar-refractivity contribution in [2.75, 3.05) is 0 Å². The topological polar surface area (TPSA) is 60.3 Å². The first-order valence-corrected chi connectivity index (χ1v) is 12.9. The van der Waals surface area contributed by atoms with E-state index in [2.05, 4.69) is 114 Å². The van der Waals surface area contributed by atoms with Crippen LogP contribution in [0.1, 0.15) is 107 Å². The molecule has 0 unspecified atom stereocenters. The second kappa shape index (κ2) is 8.74. The van der Waals surface area contributed by atoms with E-state index in [9.17, 15) is 0 Å². The van der Waals surface area contributed by atoms with Gasteiger partial charge in [-0.2, -0.15) is 0 Å². The molecule has 186 valence electrons. The number of aromatic nitrogens is 4. The molecule has 0 atom stereocenters. The Balaban J connectivity index is 1.70. The average molecular weight is 491 g/mol. The first-order chi connectivity index (χ1) is 16.2. The van der Waals surface area contributed by atoms with Crippen LogP contribution in [0.4, 0.5) is 0 Å². The van der Waals surface area contributed by atoms with E-state index >= 15 is 0 Å². The van der Waals surface area contributed by atoms with Crippen molar-refractivity contribution in [2.45, 2.75) is 84.5 Å². The Morgan fingerprint density at radius 3 is 1.77 bits per heavy atom. The molecular formula is C30H39ClN4. The monoisotopic (exact) mass is 490 g/mol. The third kappa shape index (κ3) is 4.49. The van der Waals surface area contributed by atoms with Gasteiger partial charge in [-0.3, -0.25) is 4.98 Å². The highest BCUT2D eigenvalue weighted by molar-refractivity contribution is 6.31. The van der Waals surface area contributed by atoms with Gasteiger partial charge in [-0.25, -0.2) is 0 Å². The minimum atomic E-state index is -0.345. The molecule has 0 amide bonds. The Labute approximate surface area is 214 Å². The minimum Gasteiger partial charge on any atom is -0.362 e. The number of hydrogen-bond donors (Lipinski definition) is 3. The average Bonchev–Trinajstić information content (AvgIpc) is 3.54. The predicted octanol–water partition coefficient (Wildman–Crippen LogP) is 8.13. The standard InChI is InChI=1S/C30H39ClN4/c1-18(2)21-12-15-22(33-21)28(4,5)23-16-17-24(34-23)29(6,7)25-14-11-20(31)27(35-25)30(8,9)26-13-10-19(3)32-26/h10-18,32-34H,1-9H3. The molecule has 0 fully saturated rings. The quantitative estimate of drug-likeness (QED) is 0.240. The molecule has 0 aliphatic carbocycles. The number of rotatable bonds is 7. The van der Waals surface area contributed by atoms with Gasteiger partial charge < -0.3 is 15.0 Å². The summed E-state index contributed by atoms with van der Waals surface area (Å²) in [6, 6.07) is 17.0. The largest absolute Gasteiger partial charge is 0.362 e. The molecule has 0 spiro atoms. The van der Waals surface area contributed by atoms with Crippen LogP contribution >= 0.6 is 11.6 Å². The molecule has 4 rings (SSSR count). The summed E-state index contributed by atoms with van der Waals surface area (Å²) in [6.45, 7) is 19.8. The van der Waals surface area contributed by atoms with Crippen LogP contribution in [-0.2, 0) is 16.2 Å². The number of aryl methyl sites for hydroxylation is 1. The van der Waals surface area contributed by atoms with Crippen molar-refractivity contribution in [3.63, 3.8) is 0 Å². The molecule has 0 aromatic carbocycles. The van der Waals surface area contributed by atoms with Gasteiger partial charge in [0.15, 0.2) is 0 Å². The van der Waals surface area contributed by atoms with Crippen LogP contribution < -0.4 is 0 Å². The maximum atomic E-state index is 6.70. The van der Waals surface area contributed by atoms with E-state index in [1.165, 1.54) is 17.1 Å². The minimum absolute atomic E-state index is 0.173. The van der Waals surface area contributed by atoms with E-state index in [4.69, 9.17) is 16.6 Å². The van der Waals surface area contributed by atoms with E-state index in [0.29, 0.717) is 10.9 Å². The van der Waals surface area contributed by atoms with Crippen molar-refractivity contribution < 1.29 is 0 Å². The van der Waals surface area contributed by atoms with Gasteiger partial charge in [-0.05, 0) is 103 Å². The third-order valence-corrected chi connectivity index (χ3v) is 7.93. The van der Waals surface area contributed by atoms with E-state index < -0.39 is 0 Å². The van der Waals surface area contributed by atoms with Crippen molar-refractivity contribution in [3.8, 4) is 0 Å². The molecule has 4 aromatic rings. The van der Waals surface area contributed by atoms with Gasteiger partial charge in [0.2, 0.25) is 0 Å². The molecule has 0 aliphatic heterocycles. The van der Waals surface area contributed by atoms with E-state index in [1.807, 2.05) is 12.1 Å². The van der Waals surface area contributed by atoms with Crippen molar-refractivity contribution in [3.05, 3.63) is 99.1 Å². The second-order valence-corrected chi connectivity index (χ2v) is 12.1.